The number of fused-ring (bicyclic) bond motifs is 2. The Bertz CT molecular complexity index is 994. The van der Waals surface area contributed by atoms with Gasteiger partial charge in [-0.1, -0.05) is 45.1 Å². The van der Waals surface area contributed by atoms with Gasteiger partial charge in [-0.3, -0.25) is 19.3 Å². The quantitative estimate of drug-likeness (QED) is 0.422. The summed E-state index contributed by atoms with van der Waals surface area (Å²) in [6.07, 6.45) is 8.45. The molecule has 0 aromatic heterocycles. The maximum absolute atomic E-state index is 14.4. The third-order valence-corrected chi connectivity index (χ3v) is 8.89. The van der Waals surface area contributed by atoms with Gasteiger partial charge in [-0.15, -0.1) is 0 Å². The number of amides is 3. The lowest BCUT2D eigenvalue weighted by molar-refractivity contribution is -0.151. The van der Waals surface area contributed by atoms with Crippen LogP contribution in [0.3, 0.4) is 0 Å². The number of aliphatic hydroxyl groups excluding tert-OH is 1. The van der Waals surface area contributed by atoms with Gasteiger partial charge in [0.25, 0.3) is 0 Å². The highest BCUT2D eigenvalue weighted by atomic mass is 16.5. The molecular weight excluding hydrogens is 500 g/mol. The number of carbonyl (C=O) groups is 3. The molecule has 0 bridgehead atoms. The molecule has 1 unspecified atom stereocenters. The number of morpholine rings is 1. The largest absolute Gasteiger partial charge is 0.394 e. The van der Waals surface area contributed by atoms with Crippen molar-refractivity contribution in [3.05, 3.63) is 24.3 Å². The van der Waals surface area contributed by atoms with E-state index >= 15 is 0 Å². The molecule has 5 aliphatic rings. The zero-order valence-corrected chi connectivity index (χ0v) is 23.5. The van der Waals surface area contributed by atoms with Crippen LogP contribution in [-0.2, 0) is 23.9 Å². The lowest BCUT2D eigenvalue weighted by atomic mass is 9.77. The van der Waals surface area contributed by atoms with Gasteiger partial charge in [-0.2, -0.15) is 0 Å². The first kappa shape index (κ1) is 28.3. The predicted octanol–water partition coefficient (Wildman–Crippen LogP) is 0.513. The van der Waals surface area contributed by atoms with Crippen LogP contribution >= 0.6 is 0 Å². The van der Waals surface area contributed by atoms with Crippen LogP contribution in [-0.4, -0.2) is 132 Å². The zero-order valence-electron chi connectivity index (χ0n) is 23.5. The van der Waals surface area contributed by atoms with Crippen molar-refractivity contribution in [3.8, 4) is 0 Å². The number of hydrogen-bond donors (Lipinski definition) is 1. The number of aliphatic hydroxyl groups is 1. The fourth-order valence-electron chi connectivity index (χ4n) is 7.15. The van der Waals surface area contributed by atoms with E-state index in [1.807, 2.05) is 45.1 Å². The number of hydrogen-bond acceptors (Lipinski definition) is 7. The summed E-state index contributed by atoms with van der Waals surface area (Å²) in [5.74, 6) is -1.85. The monoisotopic (exact) mass is 544 g/mol. The van der Waals surface area contributed by atoms with Gasteiger partial charge in [0.15, 0.2) is 0 Å². The van der Waals surface area contributed by atoms with Crippen molar-refractivity contribution in [1.82, 2.24) is 19.6 Å². The lowest BCUT2D eigenvalue weighted by Gasteiger charge is -2.39. The summed E-state index contributed by atoms with van der Waals surface area (Å²) in [6, 6.07) is -1.46. The third-order valence-electron chi connectivity index (χ3n) is 8.89. The Morgan fingerprint density at radius 2 is 1.72 bits per heavy atom. The second kappa shape index (κ2) is 11.7. The molecule has 216 valence electrons. The lowest BCUT2D eigenvalue weighted by Crippen LogP contribution is -2.59. The minimum Gasteiger partial charge on any atom is -0.394 e. The number of nitrogens with zero attached hydrogens (tertiary/aromatic N) is 4. The first-order valence-electron chi connectivity index (χ1n) is 14.6. The molecule has 10 heteroatoms. The molecule has 1 N–H and O–H groups in total. The van der Waals surface area contributed by atoms with Crippen LogP contribution in [0.5, 0.6) is 0 Å². The van der Waals surface area contributed by atoms with Gasteiger partial charge >= 0.3 is 0 Å². The highest BCUT2D eigenvalue weighted by Crippen LogP contribution is 2.54. The van der Waals surface area contributed by atoms with Crippen molar-refractivity contribution in [1.29, 1.82) is 0 Å². The Morgan fingerprint density at radius 3 is 2.41 bits per heavy atom. The van der Waals surface area contributed by atoms with Crippen LogP contribution in [0.4, 0.5) is 0 Å². The third kappa shape index (κ3) is 5.05. The van der Waals surface area contributed by atoms with E-state index in [2.05, 4.69) is 4.90 Å². The summed E-state index contributed by atoms with van der Waals surface area (Å²) < 4.78 is 12.2. The predicted molar refractivity (Wildman–Crippen MR) is 145 cm³/mol. The topological polar surface area (TPSA) is 103 Å². The SMILES string of the molecule is CCCN1CC=C[C@@H]2O[C@]34C=CCN(CCN5CCOCC5)C(=O)C3N([C@@H](CO)CC(C)C)C(=O)[C@@H]4[C@@H]2C1=O. The Kier molecular flexibility index (Phi) is 8.47. The first-order valence-corrected chi connectivity index (χ1v) is 14.6. The molecule has 5 aliphatic heterocycles. The van der Waals surface area contributed by atoms with Crippen LogP contribution in [0, 0.1) is 17.8 Å². The number of likely N-dealkylation sites (tertiary alicyclic amines) is 1. The van der Waals surface area contributed by atoms with Crippen molar-refractivity contribution >= 4 is 17.7 Å². The first-order chi connectivity index (χ1) is 18.8. The fraction of sp³-hybridized carbons (Fsp3) is 0.759. The summed E-state index contributed by atoms with van der Waals surface area (Å²) in [6.45, 7) is 11.6. The molecule has 0 radical (unpaired) electrons. The minimum absolute atomic E-state index is 0.0960. The van der Waals surface area contributed by atoms with Crippen LogP contribution in [0.1, 0.15) is 33.6 Å². The van der Waals surface area contributed by atoms with Crippen LogP contribution in [0.25, 0.3) is 0 Å². The van der Waals surface area contributed by atoms with Gasteiger partial charge in [-0.05, 0) is 18.8 Å². The molecule has 3 saturated heterocycles. The van der Waals surface area contributed by atoms with Crippen LogP contribution in [0.15, 0.2) is 24.3 Å². The number of carbonyl (C=O) groups excluding carboxylic acids is 3. The number of ether oxygens (including phenoxy) is 2. The van der Waals surface area contributed by atoms with Gasteiger partial charge < -0.3 is 29.3 Å². The summed E-state index contributed by atoms with van der Waals surface area (Å²) in [4.78, 5) is 50.1. The zero-order chi connectivity index (χ0) is 27.7. The van der Waals surface area contributed by atoms with Crippen molar-refractivity contribution < 1.29 is 29.0 Å². The molecule has 0 aromatic rings. The van der Waals surface area contributed by atoms with Gasteiger partial charge in [0.05, 0.1) is 43.8 Å². The minimum atomic E-state index is -1.25. The van der Waals surface area contributed by atoms with E-state index in [1.165, 1.54) is 0 Å². The van der Waals surface area contributed by atoms with E-state index in [9.17, 15) is 19.5 Å². The van der Waals surface area contributed by atoms with E-state index in [-0.39, 0.29) is 30.2 Å². The molecular formula is C29H44N4O6. The van der Waals surface area contributed by atoms with Gasteiger partial charge in [0.2, 0.25) is 17.7 Å². The molecule has 1 spiro atoms. The highest BCUT2D eigenvalue weighted by Gasteiger charge is 2.72. The van der Waals surface area contributed by atoms with E-state index in [0.29, 0.717) is 45.8 Å². The second-order valence-electron chi connectivity index (χ2n) is 11.9. The Hall–Kier alpha value is -2.27. The smallest absolute Gasteiger partial charge is 0.249 e. The molecule has 5 heterocycles. The van der Waals surface area contributed by atoms with Gasteiger partial charge in [0.1, 0.15) is 11.6 Å². The summed E-state index contributed by atoms with van der Waals surface area (Å²) in [5, 5.41) is 10.5. The van der Waals surface area contributed by atoms with Crippen molar-refractivity contribution in [2.45, 2.75) is 57.4 Å². The van der Waals surface area contributed by atoms with Crippen LogP contribution in [0.2, 0.25) is 0 Å². The normalized spacial score (nSPS) is 33.9. The second-order valence-corrected chi connectivity index (χ2v) is 11.9. The Morgan fingerprint density at radius 1 is 1.00 bits per heavy atom. The summed E-state index contributed by atoms with van der Waals surface area (Å²) in [5.41, 5.74) is -1.25. The number of rotatable bonds is 9. The molecule has 5 rings (SSSR count). The van der Waals surface area contributed by atoms with Crippen molar-refractivity contribution in [2.24, 2.45) is 17.8 Å². The molecule has 3 fully saturated rings. The molecule has 6 atom stereocenters. The maximum Gasteiger partial charge on any atom is 0.249 e. The summed E-state index contributed by atoms with van der Waals surface area (Å²) in [7, 11) is 0. The summed E-state index contributed by atoms with van der Waals surface area (Å²) >= 11 is 0. The molecule has 10 nitrogen and oxygen atoms in total. The van der Waals surface area contributed by atoms with E-state index in [0.717, 1.165) is 26.1 Å². The van der Waals surface area contributed by atoms with E-state index < -0.39 is 35.6 Å². The van der Waals surface area contributed by atoms with Crippen LogP contribution < -0.4 is 0 Å². The van der Waals surface area contributed by atoms with E-state index in [1.54, 1.807) is 14.7 Å². The fourth-order valence-corrected chi connectivity index (χ4v) is 7.15. The average molecular weight is 545 g/mol. The Labute approximate surface area is 231 Å². The van der Waals surface area contributed by atoms with Crippen molar-refractivity contribution in [3.63, 3.8) is 0 Å². The Balaban J connectivity index is 1.51. The molecule has 39 heavy (non-hydrogen) atoms. The van der Waals surface area contributed by atoms with E-state index in [4.69, 9.17) is 9.47 Å². The van der Waals surface area contributed by atoms with Gasteiger partial charge in [0, 0.05) is 45.8 Å². The average Bonchev–Trinajstić information content (AvgIpc) is 3.25. The standard InChI is InChI=1S/C29H44N4O6/c1-4-9-31-10-5-7-22-23(26(31)35)24-27(36)33(21(19-34)18-20(2)3)25-28(37)32(11-6-8-29(24,25)39-22)13-12-30-14-16-38-17-15-30/h5-8,20-25,34H,4,9-19H2,1-3H3/t21-,22+,23-,24+,25?,29+/m1/s1. The molecule has 0 saturated carbocycles. The molecule has 3 amide bonds. The van der Waals surface area contributed by atoms with Gasteiger partial charge in [-0.25, -0.2) is 0 Å². The highest BCUT2D eigenvalue weighted by molar-refractivity contribution is 6.00. The van der Waals surface area contributed by atoms with Crippen molar-refractivity contribution in [2.75, 3.05) is 65.6 Å². The maximum atomic E-state index is 14.4. The molecule has 0 aromatic carbocycles. The molecule has 0 aliphatic carbocycles.